The van der Waals surface area contributed by atoms with Crippen LogP contribution in [0.2, 0.25) is 0 Å². The molecule has 3 heteroatoms. The summed E-state index contributed by atoms with van der Waals surface area (Å²) in [5.41, 5.74) is 3.58. The summed E-state index contributed by atoms with van der Waals surface area (Å²) in [4.78, 5) is 4.66. The summed E-state index contributed by atoms with van der Waals surface area (Å²) in [6, 6.07) is 2.11. The van der Waals surface area contributed by atoms with E-state index in [-0.39, 0.29) is 0 Å². The molecule has 1 saturated carbocycles. The Balaban J connectivity index is 2.26. The van der Waals surface area contributed by atoms with E-state index in [1.807, 2.05) is 0 Å². The molecule has 0 saturated heterocycles. The molecular formula is C11H11BrN2. The number of pyridine rings is 1. The minimum Gasteiger partial charge on any atom is -0.305 e. The van der Waals surface area contributed by atoms with Crippen molar-refractivity contribution in [2.45, 2.75) is 25.7 Å². The third-order valence-electron chi connectivity index (χ3n) is 2.72. The van der Waals surface area contributed by atoms with Crippen LogP contribution in [0, 0.1) is 6.92 Å². The van der Waals surface area contributed by atoms with Crippen molar-refractivity contribution < 1.29 is 0 Å². The SMILES string of the molecule is Cc1cc(Br)cn2cc(C3CC3)nc12. The predicted octanol–water partition coefficient (Wildman–Crippen LogP) is 3.28. The first-order chi connectivity index (χ1) is 6.74. The molecule has 3 rings (SSSR count). The molecule has 0 aromatic carbocycles. The first kappa shape index (κ1) is 8.48. The zero-order valence-electron chi connectivity index (χ0n) is 8.00. The van der Waals surface area contributed by atoms with E-state index in [9.17, 15) is 0 Å². The molecule has 2 nitrogen and oxygen atoms in total. The summed E-state index contributed by atoms with van der Waals surface area (Å²) in [6.45, 7) is 2.10. The number of hydrogen-bond donors (Lipinski definition) is 0. The van der Waals surface area contributed by atoms with Gasteiger partial charge in [-0.05, 0) is 47.3 Å². The summed E-state index contributed by atoms with van der Waals surface area (Å²) in [5, 5.41) is 0. The van der Waals surface area contributed by atoms with Crippen molar-refractivity contribution in [1.29, 1.82) is 0 Å². The minimum absolute atomic E-state index is 0.730. The Bertz CT molecular complexity index is 497. The zero-order chi connectivity index (χ0) is 9.71. The quantitative estimate of drug-likeness (QED) is 0.760. The van der Waals surface area contributed by atoms with Crippen LogP contribution in [-0.2, 0) is 0 Å². The van der Waals surface area contributed by atoms with Crippen molar-refractivity contribution in [1.82, 2.24) is 9.38 Å². The van der Waals surface area contributed by atoms with Crippen LogP contribution in [0.3, 0.4) is 0 Å². The third-order valence-corrected chi connectivity index (χ3v) is 3.15. The van der Waals surface area contributed by atoms with Gasteiger partial charge in [-0.2, -0.15) is 0 Å². The molecule has 1 fully saturated rings. The number of rotatable bonds is 1. The number of aromatic nitrogens is 2. The summed E-state index contributed by atoms with van der Waals surface area (Å²) in [5.74, 6) is 0.730. The van der Waals surface area contributed by atoms with Crippen molar-refractivity contribution in [3.63, 3.8) is 0 Å². The molecule has 14 heavy (non-hydrogen) atoms. The number of fused-ring (bicyclic) bond motifs is 1. The van der Waals surface area contributed by atoms with E-state index in [0.717, 1.165) is 16.0 Å². The molecule has 72 valence electrons. The molecular weight excluding hydrogens is 240 g/mol. The monoisotopic (exact) mass is 250 g/mol. The average molecular weight is 251 g/mol. The molecule has 0 unspecified atom stereocenters. The van der Waals surface area contributed by atoms with Crippen molar-refractivity contribution in [3.8, 4) is 0 Å². The molecule has 2 heterocycles. The number of aryl methyl sites for hydroxylation is 1. The maximum absolute atomic E-state index is 4.66. The Hall–Kier alpha value is -0.830. The summed E-state index contributed by atoms with van der Waals surface area (Å²) >= 11 is 3.50. The third kappa shape index (κ3) is 1.27. The van der Waals surface area contributed by atoms with Crippen LogP contribution < -0.4 is 0 Å². The number of halogens is 1. The molecule has 1 aliphatic rings. The molecule has 0 bridgehead atoms. The van der Waals surface area contributed by atoms with Crippen LogP contribution in [0.4, 0.5) is 0 Å². The highest BCUT2D eigenvalue weighted by atomic mass is 79.9. The molecule has 0 amide bonds. The van der Waals surface area contributed by atoms with Crippen LogP contribution in [-0.4, -0.2) is 9.38 Å². The van der Waals surface area contributed by atoms with E-state index in [1.165, 1.54) is 24.1 Å². The molecule has 2 aromatic rings. The topological polar surface area (TPSA) is 17.3 Å². The van der Waals surface area contributed by atoms with Gasteiger partial charge in [-0.3, -0.25) is 0 Å². The van der Waals surface area contributed by atoms with Crippen LogP contribution in [0.25, 0.3) is 5.65 Å². The Morgan fingerprint density at radius 1 is 1.43 bits per heavy atom. The lowest BCUT2D eigenvalue weighted by Crippen LogP contribution is -1.86. The van der Waals surface area contributed by atoms with Gasteiger partial charge in [-0.15, -0.1) is 0 Å². The van der Waals surface area contributed by atoms with Gasteiger partial charge in [-0.25, -0.2) is 4.98 Å². The van der Waals surface area contributed by atoms with Crippen LogP contribution in [0.5, 0.6) is 0 Å². The summed E-state index contributed by atoms with van der Waals surface area (Å²) in [6.07, 6.45) is 6.85. The molecule has 2 aromatic heterocycles. The lowest BCUT2D eigenvalue weighted by atomic mass is 10.3. The standard InChI is InChI=1S/C11H11BrN2/c1-7-4-9(12)5-14-6-10(8-2-3-8)13-11(7)14/h4-6,8H,2-3H2,1H3. The maximum atomic E-state index is 4.66. The smallest absolute Gasteiger partial charge is 0.140 e. The summed E-state index contributed by atoms with van der Waals surface area (Å²) < 4.78 is 3.23. The molecule has 1 aliphatic carbocycles. The van der Waals surface area contributed by atoms with Gasteiger partial charge in [-0.1, -0.05) is 0 Å². The first-order valence-electron chi connectivity index (χ1n) is 4.89. The van der Waals surface area contributed by atoms with Gasteiger partial charge in [0.25, 0.3) is 0 Å². The van der Waals surface area contributed by atoms with Gasteiger partial charge in [0.05, 0.1) is 5.69 Å². The van der Waals surface area contributed by atoms with E-state index in [2.05, 4.69) is 50.7 Å². The molecule has 0 N–H and O–H groups in total. The van der Waals surface area contributed by atoms with E-state index in [0.29, 0.717) is 0 Å². The predicted molar refractivity (Wildman–Crippen MR) is 59.6 cm³/mol. The fourth-order valence-corrected chi connectivity index (χ4v) is 2.38. The Kier molecular flexibility index (Phi) is 1.71. The highest BCUT2D eigenvalue weighted by Crippen LogP contribution is 2.39. The Labute approximate surface area is 91.1 Å². The fraction of sp³-hybridized carbons (Fsp3) is 0.364. The zero-order valence-corrected chi connectivity index (χ0v) is 9.58. The molecule has 0 aliphatic heterocycles. The van der Waals surface area contributed by atoms with Gasteiger partial charge < -0.3 is 4.40 Å². The second-order valence-corrected chi connectivity index (χ2v) is 4.93. The average Bonchev–Trinajstić information content (AvgIpc) is 2.87. The second-order valence-electron chi connectivity index (χ2n) is 4.01. The lowest BCUT2D eigenvalue weighted by Gasteiger charge is -1.97. The fourth-order valence-electron chi connectivity index (χ4n) is 1.82. The van der Waals surface area contributed by atoms with Gasteiger partial charge in [0.1, 0.15) is 5.65 Å². The van der Waals surface area contributed by atoms with Gasteiger partial charge in [0.2, 0.25) is 0 Å². The van der Waals surface area contributed by atoms with E-state index < -0.39 is 0 Å². The van der Waals surface area contributed by atoms with Crippen molar-refractivity contribution in [3.05, 3.63) is 34.2 Å². The second kappa shape index (κ2) is 2.83. The van der Waals surface area contributed by atoms with Crippen molar-refractivity contribution in [2.24, 2.45) is 0 Å². The summed E-state index contributed by atoms with van der Waals surface area (Å²) in [7, 11) is 0. The number of hydrogen-bond acceptors (Lipinski definition) is 1. The molecule has 0 atom stereocenters. The number of imidazole rings is 1. The Morgan fingerprint density at radius 3 is 2.93 bits per heavy atom. The van der Waals surface area contributed by atoms with E-state index >= 15 is 0 Å². The minimum atomic E-state index is 0.730. The molecule has 0 radical (unpaired) electrons. The van der Waals surface area contributed by atoms with Gasteiger partial charge >= 0.3 is 0 Å². The van der Waals surface area contributed by atoms with Crippen molar-refractivity contribution in [2.75, 3.05) is 0 Å². The van der Waals surface area contributed by atoms with Gasteiger partial charge in [0, 0.05) is 22.8 Å². The largest absolute Gasteiger partial charge is 0.305 e. The highest BCUT2D eigenvalue weighted by Gasteiger charge is 2.26. The lowest BCUT2D eigenvalue weighted by molar-refractivity contribution is 1.05. The van der Waals surface area contributed by atoms with Crippen LogP contribution in [0.15, 0.2) is 22.9 Å². The normalized spacial score (nSPS) is 16.4. The highest BCUT2D eigenvalue weighted by molar-refractivity contribution is 9.10. The first-order valence-corrected chi connectivity index (χ1v) is 5.68. The van der Waals surface area contributed by atoms with E-state index in [4.69, 9.17) is 0 Å². The van der Waals surface area contributed by atoms with E-state index in [1.54, 1.807) is 0 Å². The van der Waals surface area contributed by atoms with Crippen LogP contribution in [0.1, 0.15) is 30.0 Å². The molecule has 0 spiro atoms. The van der Waals surface area contributed by atoms with Gasteiger partial charge in [0.15, 0.2) is 0 Å². The van der Waals surface area contributed by atoms with Crippen molar-refractivity contribution >= 4 is 21.6 Å². The maximum Gasteiger partial charge on any atom is 0.140 e. The number of nitrogens with zero attached hydrogens (tertiary/aromatic N) is 2. The van der Waals surface area contributed by atoms with Crippen LogP contribution >= 0.6 is 15.9 Å². The Morgan fingerprint density at radius 2 is 2.21 bits per heavy atom.